The molecule has 0 saturated heterocycles. The number of aliphatic hydroxyl groups is 1. The van der Waals surface area contributed by atoms with Crippen LogP contribution in [0.2, 0.25) is 5.02 Å². The number of halogens is 1. The van der Waals surface area contributed by atoms with Crippen molar-refractivity contribution >= 4 is 44.9 Å². The van der Waals surface area contributed by atoms with Gasteiger partial charge in [-0.2, -0.15) is 0 Å². The summed E-state index contributed by atoms with van der Waals surface area (Å²) in [6.07, 6.45) is 4.46. The number of fused-ring (bicyclic) bond motifs is 3. The highest BCUT2D eigenvalue weighted by atomic mass is 35.5. The Bertz CT molecular complexity index is 930. The molecular weight excluding hydrogens is 400 g/mol. The maximum Gasteiger partial charge on any atom is 0.128 e. The first-order valence-electron chi connectivity index (χ1n) is 9.05. The molecule has 27 heavy (non-hydrogen) atoms. The van der Waals surface area contributed by atoms with Crippen molar-refractivity contribution in [3.05, 3.63) is 51.6 Å². The molecule has 0 amide bonds. The van der Waals surface area contributed by atoms with E-state index in [9.17, 15) is 5.11 Å². The fraction of sp³-hybridized carbons (Fsp3) is 0.400. The third kappa shape index (κ3) is 4.30. The van der Waals surface area contributed by atoms with Crippen molar-refractivity contribution in [2.45, 2.75) is 43.4 Å². The van der Waals surface area contributed by atoms with Crippen LogP contribution in [0.3, 0.4) is 0 Å². The third-order valence-electron chi connectivity index (χ3n) is 4.76. The number of hydrogen-bond acceptors (Lipinski definition) is 6. The lowest BCUT2D eigenvalue weighted by Crippen LogP contribution is -2.19. The second kappa shape index (κ2) is 8.45. The van der Waals surface area contributed by atoms with Crippen molar-refractivity contribution in [3.8, 4) is 0 Å². The van der Waals surface area contributed by atoms with Crippen LogP contribution in [0.25, 0.3) is 10.2 Å². The average Bonchev–Trinajstić information content (AvgIpc) is 3.26. The van der Waals surface area contributed by atoms with E-state index in [1.54, 1.807) is 29.4 Å². The van der Waals surface area contributed by atoms with Crippen molar-refractivity contribution in [2.75, 3.05) is 12.4 Å². The summed E-state index contributed by atoms with van der Waals surface area (Å²) in [7, 11) is 0. The molecule has 2 aromatic heterocycles. The Kier molecular flexibility index (Phi) is 5.99. The number of rotatable bonds is 7. The quantitative estimate of drug-likeness (QED) is 0.427. The number of thioether (sulfide) groups is 1. The van der Waals surface area contributed by atoms with Crippen molar-refractivity contribution in [1.82, 2.24) is 9.97 Å². The minimum Gasteiger partial charge on any atom is -0.390 e. The number of hydrogen-bond donors (Lipinski definition) is 1. The molecule has 7 heteroatoms. The molecule has 142 valence electrons. The summed E-state index contributed by atoms with van der Waals surface area (Å²) in [5.41, 5.74) is 2.46. The first kappa shape index (κ1) is 19.2. The number of thiophene rings is 1. The maximum absolute atomic E-state index is 10.4. The van der Waals surface area contributed by atoms with E-state index >= 15 is 0 Å². The lowest BCUT2D eigenvalue weighted by atomic mass is 10.1. The van der Waals surface area contributed by atoms with E-state index in [1.807, 2.05) is 31.2 Å². The fourth-order valence-corrected chi connectivity index (χ4v) is 5.67. The zero-order valence-electron chi connectivity index (χ0n) is 15.0. The molecule has 1 aliphatic rings. The molecule has 2 heterocycles. The van der Waals surface area contributed by atoms with Crippen LogP contribution in [0.5, 0.6) is 0 Å². The predicted molar refractivity (Wildman–Crippen MR) is 112 cm³/mol. The Balaban J connectivity index is 1.35. The molecule has 1 aliphatic carbocycles. The molecule has 0 aliphatic heterocycles. The van der Waals surface area contributed by atoms with Gasteiger partial charge >= 0.3 is 0 Å². The molecule has 0 bridgehead atoms. The van der Waals surface area contributed by atoms with Crippen LogP contribution in [-0.4, -0.2) is 33.5 Å². The SMILES string of the molecule is C[C@H](OC[C@H](O)CSc1ncnc2sc3c(c12)CCC3)c1ccc(Cl)cc1. The van der Waals surface area contributed by atoms with Crippen LogP contribution >= 0.6 is 34.7 Å². The molecule has 3 aromatic rings. The summed E-state index contributed by atoms with van der Waals surface area (Å²) in [5, 5.41) is 13.2. The minimum absolute atomic E-state index is 0.0900. The van der Waals surface area contributed by atoms with Crippen LogP contribution in [0.15, 0.2) is 35.6 Å². The highest BCUT2D eigenvalue weighted by molar-refractivity contribution is 7.99. The summed E-state index contributed by atoms with van der Waals surface area (Å²) in [4.78, 5) is 11.4. The maximum atomic E-state index is 10.4. The second-order valence-electron chi connectivity index (χ2n) is 6.71. The van der Waals surface area contributed by atoms with Crippen molar-refractivity contribution in [3.63, 3.8) is 0 Å². The highest BCUT2D eigenvalue weighted by Gasteiger charge is 2.21. The van der Waals surface area contributed by atoms with E-state index in [0.717, 1.165) is 28.3 Å². The van der Waals surface area contributed by atoms with Crippen LogP contribution < -0.4 is 0 Å². The summed E-state index contributed by atoms with van der Waals surface area (Å²) in [5.74, 6) is 0.546. The smallest absolute Gasteiger partial charge is 0.128 e. The first-order valence-corrected chi connectivity index (χ1v) is 11.2. The van der Waals surface area contributed by atoms with Gasteiger partial charge in [-0.15, -0.1) is 23.1 Å². The molecule has 1 aromatic carbocycles. The Hall–Kier alpha value is -1.18. The Morgan fingerprint density at radius 1 is 1.26 bits per heavy atom. The second-order valence-corrected chi connectivity index (χ2v) is 9.24. The lowest BCUT2D eigenvalue weighted by Gasteiger charge is -2.17. The molecule has 4 nitrogen and oxygen atoms in total. The van der Waals surface area contributed by atoms with Crippen LogP contribution in [0, 0.1) is 0 Å². The zero-order valence-corrected chi connectivity index (χ0v) is 17.4. The summed E-state index contributed by atoms with van der Waals surface area (Å²) < 4.78 is 5.83. The van der Waals surface area contributed by atoms with Gasteiger partial charge in [0.25, 0.3) is 0 Å². The van der Waals surface area contributed by atoms with E-state index in [1.165, 1.54) is 22.2 Å². The van der Waals surface area contributed by atoms with E-state index in [2.05, 4.69) is 9.97 Å². The third-order valence-corrected chi connectivity index (χ3v) is 7.34. The average molecular weight is 421 g/mol. The van der Waals surface area contributed by atoms with Crippen molar-refractivity contribution in [1.29, 1.82) is 0 Å². The van der Waals surface area contributed by atoms with Gasteiger partial charge in [-0.1, -0.05) is 23.7 Å². The number of aliphatic hydroxyl groups excluding tert-OH is 1. The largest absolute Gasteiger partial charge is 0.390 e. The number of aryl methyl sites for hydroxylation is 2. The van der Waals surface area contributed by atoms with Gasteiger partial charge in [-0.25, -0.2) is 9.97 Å². The van der Waals surface area contributed by atoms with Gasteiger partial charge in [0.15, 0.2) is 0 Å². The van der Waals surface area contributed by atoms with E-state index < -0.39 is 6.10 Å². The Labute approximate surface area is 171 Å². The van der Waals surface area contributed by atoms with E-state index in [-0.39, 0.29) is 12.7 Å². The monoisotopic (exact) mass is 420 g/mol. The molecular formula is C20H21ClN2O2S2. The van der Waals surface area contributed by atoms with Crippen molar-refractivity contribution in [2.24, 2.45) is 0 Å². The highest BCUT2D eigenvalue weighted by Crippen LogP contribution is 2.40. The van der Waals surface area contributed by atoms with Crippen LogP contribution in [0.1, 0.15) is 35.5 Å². The van der Waals surface area contributed by atoms with Gasteiger partial charge in [0.05, 0.1) is 18.8 Å². The Morgan fingerprint density at radius 2 is 2.07 bits per heavy atom. The Morgan fingerprint density at radius 3 is 2.89 bits per heavy atom. The fourth-order valence-electron chi connectivity index (χ4n) is 3.32. The molecule has 2 atom stereocenters. The topological polar surface area (TPSA) is 55.2 Å². The van der Waals surface area contributed by atoms with Gasteiger partial charge in [-0.3, -0.25) is 0 Å². The number of ether oxygens (including phenoxy) is 1. The molecule has 4 rings (SSSR count). The van der Waals surface area contributed by atoms with Gasteiger partial charge in [0.1, 0.15) is 16.2 Å². The zero-order chi connectivity index (χ0) is 18.8. The lowest BCUT2D eigenvalue weighted by molar-refractivity contribution is 0.00622. The van der Waals surface area contributed by atoms with Gasteiger partial charge in [-0.05, 0) is 49.4 Å². The first-order chi connectivity index (χ1) is 13.1. The molecule has 1 N–H and O–H groups in total. The summed E-state index contributed by atoms with van der Waals surface area (Å²) in [6, 6.07) is 7.59. The van der Waals surface area contributed by atoms with Crippen molar-refractivity contribution < 1.29 is 9.84 Å². The molecule has 0 saturated carbocycles. The van der Waals surface area contributed by atoms with Gasteiger partial charge in [0, 0.05) is 21.0 Å². The molecule has 0 spiro atoms. The normalized spacial score (nSPS) is 15.8. The summed E-state index contributed by atoms with van der Waals surface area (Å²) in [6.45, 7) is 2.26. The number of nitrogens with zero attached hydrogens (tertiary/aromatic N) is 2. The van der Waals surface area contributed by atoms with Crippen LogP contribution in [-0.2, 0) is 17.6 Å². The molecule has 0 unspecified atom stereocenters. The van der Waals surface area contributed by atoms with E-state index in [4.69, 9.17) is 16.3 Å². The van der Waals surface area contributed by atoms with E-state index in [0.29, 0.717) is 10.8 Å². The molecule has 0 radical (unpaired) electrons. The number of aromatic nitrogens is 2. The predicted octanol–water partition coefficient (Wildman–Crippen LogP) is 5.06. The minimum atomic E-state index is -0.554. The molecule has 0 fully saturated rings. The summed E-state index contributed by atoms with van der Waals surface area (Å²) >= 11 is 9.29. The van der Waals surface area contributed by atoms with Gasteiger partial charge < -0.3 is 9.84 Å². The number of benzene rings is 1. The standard InChI is InChI=1S/C20H21ClN2O2S2/c1-12(13-5-7-14(21)8-6-13)25-9-15(24)10-26-19-18-16-3-2-4-17(16)27-20(18)23-11-22-19/h5-8,11-12,15,24H,2-4,9-10H2,1H3/t12-,15-/m0/s1. The van der Waals surface area contributed by atoms with Gasteiger partial charge in [0.2, 0.25) is 0 Å². The van der Waals surface area contributed by atoms with Crippen LogP contribution in [0.4, 0.5) is 0 Å².